The van der Waals surface area contributed by atoms with Crippen molar-refractivity contribution in [2.75, 3.05) is 11.5 Å². The van der Waals surface area contributed by atoms with Gasteiger partial charge in [-0.25, -0.2) is 8.42 Å². The Hall–Kier alpha value is -1.40. The summed E-state index contributed by atoms with van der Waals surface area (Å²) >= 11 is 0. The molecule has 1 fully saturated rings. The van der Waals surface area contributed by atoms with Gasteiger partial charge in [0.15, 0.2) is 9.84 Å². The summed E-state index contributed by atoms with van der Waals surface area (Å²) in [6, 6.07) is 5.26. The van der Waals surface area contributed by atoms with Gasteiger partial charge >= 0.3 is 0 Å². The molecular formula is C13H15NO4S. The predicted octanol–water partition coefficient (Wildman–Crippen LogP) is 0.634. The quantitative estimate of drug-likeness (QED) is 0.863. The molecule has 1 saturated heterocycles. The van der Waals surface area contributed by atoms with Crippen molar-refractivity contribution in [1.29, 1.82) is 0 Å². The molecule has 2 aliphatic rings. The van der Waals surface area contributed by atoms with E-state index in [2.05, 4.69) is 5.32 Å². The maximum atomic E-state index is 12.2. The number of carbonyl (C=O) groups excluding carboxylic acids is 1. The first-order valence-corrected chi connectivity index (χ1v) is 8.07. The van der Waals surface area contributed by atoms with E-state index in [0.717, 1.165) is 11.1 Å². The molecule has 5 nitrogen and oxygen atoms in total. The lowest BCUT2D eigenvalue weighted by molar-refractivity contribution is 0.0935. The normalized spacial score (nSPS) is 24.1. The molecule has 1 unspecified atom stereocenters. The van der Waals surface area contributed by atoms with Crippen molar-refractivity contribution in [1.82, 2.24) is 5.32 Å². The van der Waals surface area contributed by atoms with Crippen molar-refractivity contribution in [3.8, 4) is 0 Å². The van der Waals surface area contributed by atoms with E-state index in [9.17, 15) is 13.2 Å². The van der Waals surface area contributed by atoms with Gasteiger partial charge < -0.3 is 10.1 Å². The van der Waals surface area contributed by atoms with Crippen LogP contribution in [0, 0.1) is 0 Å². The molecule has 1 N–H and O–H groups in total. The molecule has 1 aromatic carbocycles. The van der Waals surface area contributed by atoms with Crippen molar-refractivity contribution in [3.05, 3.63) is 34.9 Å². The molecule has 2 aliphatic heterocycles. The molecule has 3 rings (SSSR count). The number of nitrogens with one attached hydrogen (secondary N) is 1. The number of carbonyl (C=O) groups is 1. The first-order chi connectivity index (χ1) is 9.05. The summed E-state index contributed by atoms with van der Waals surface area (Å²) in [6.45, 7) is 0.982. The summed E-state index contributed by atoms with van der Waals surface area (Å²) in [4.78, 5) is 12.2. The molecule has 0 radical (unpaired) electrons. The minimum atomic E-state index is -2.97. The van der Waals surface area contributed by atoms with Gasteiger partial charge in [0, 0.05) is 11.6 Å². The highest BCUT2D eigenvalue weighted by Crippen LogP contribution is 2.23. The molecule has 102 valence electrons. The Morgan fingerprint density at radius 1 is 1.32 bits per heavy atom. The van der Waals surface area contributed by atoms with Crippen molar-refractivity contribution < 1.29 is 17.9 Å². The Morgan fingerprint density at radius 3 is 2.89 bits per heavy atom. The summed E-state index contributed by atoms with van der Waals surface area (Å²) in [5, 5.41) is 2.81. The van der Waals surface area contributed by atoms with Crippen molar-refractivity contribution in [2.45, 2.75) is 25.7 Å². The molecule has 0 bridgehead atoms. The number of fused-ring (bicyclic) bond motifs is 1. The largest absolute Gasteiger partial charge is 0.372 e. The highest BCUT2D eigenvalue weighted by atomic mass is 32.2. The number of amides is 1. The molecule has 0 aromatic heterocycles. The van der Waals surface area contributed by atoms with Gasteiger partial charge in [-0.2, -0.15) is 0 Å². The second-order valence-electron chi connectivity index (χ2n) is 5.01. The summed E-state index contributed by atoms with van der Waals surface area (Å²) in [6.07, 6.45) is 0.500. The second kappa shape index (κ2) is 4.61. The number of rotatable bonds is 2. The molecule has 0 saturated carbocycles. The monoisotopic (exact) mass is 281 g/mol. The van der Waals surface area contributed by atoms with Gasteiger partial charge in [-0.05, 0) is 23.6 Å². The molecule has 6 heteroatoms. The van der Waals surface area contributed by atoms with Crippen LogP contribution < -0.4 is 5.32 Å². The van der Waals surface area contributed by atoms with E-state index in [1.807, 2.05) is 12.1 Å². The van der Waals surface area contributed by atoms with Crippen LogP contribution in [0.3, 0.4) is 0 Å². The minimum absolute atomic E-state index is 0.0459. The van der Waals surface area contributed by atoms with Crippen molar-refractivity contribution in [3.63, 3.8) is 0 Å². The van der Waals surface area contributed by atoms with Crippen LogP contribution in [0.4, 0.5) is 0 Å². The van der Waals surface area contributed by atoms with Crippen molar-refractivity contribution >= 4 is 15.7 Å². The molecule has 2 heterocycles. The standard InChI is InChI=1S/C13H15NO4S/c15-13(14-10-4-5-19(16,17)8-10)11-3-1-2-9-6-18-7-12(9)11/h1-3,10H,4-8H2,(H,14,15). The Balaban J connectivity index is 1.77. The lowest BCUT2D eigenvalue weighted by Gasteiger charge is -2.12. The van der Waals surface area contributed by atoms with Gasteiger partial charge in [-0.15, -0.1) is 0 Å². The van der Waals surface area contributed by atoms with E-state index in [-0.39, 0.29) is 23.5 Å². The zero-order valence-electron chi connectivity index (χ0n) is 10.4. The first kappa shape index (κ1) is 12.6. The van der Waals surface area contributed by atoms with Crippen LogP contribution in [0.2, 0.25) is 0 Å². The molecule has 1 aromatic rings. The molecule has 1 amide bonds. The number of benzene rings is 1. The van der Waals surface area contributed by atoms with Gasteiger partial charge in [0.1, 0.15) is 0 Å². The van der Waals surface area contributed by atoms with Crippen LogP contribution in [0.5, 0.6) is 0 Å². The lowest BCUT2D eigenvalue weighted by Crippen LogP contribution is -2.36. The third kappa shape index (κ3) is 2.50. The highest BCUT2D eigenvalue weighted by molar-refractivity contribution is 7.91. The van der Waals surface area contributed by atoms with E-state index < -0.39 is 9.84 Å². The molecule has 1 atom stereocenters. The fourth-order valence-electron chi connectivity index (χ4n) is 2.59. The number of ether oxygens (including phenoxy) is 1. The predicted molar refractivity (Wildman–Crippen MR) is 69.5 cm³/mol. The minimum Gasteiger partial charge on any atom is -0.372 e. The molecule has 0 aliphatic carbocycles. The maximum Gasteiger partial charge on any atom is 0.251 e. The average Bonchev–Trinajstić information content (AvgIpc) is 2.94. The summed E-state index contributed by atoms with van der Waals surface area (Å²) in [7, 11) is -2.97. The lowest BCUT2D eigenvalue weighted by atomic mass is 10.0. The van der Waals surface area contributed by atoms with Crippen LogP contribution in [-0.4, -0.2) is 31.9 Å². The smallest absolute Gasteiger partial charge is 0.251 e. The maximum absolute atomic E-state index is 12.2. The first-order valence-electron chi connectivity index (χ1n) is 6.25. The molecular weight excluding hydrogens is 266 g/mol. The van der Waals surface area contributed by atoms with Crippen LogP contribution in [-0.2, 0) is 27.8 Å². The van der Waals surface area contributed by atoms with E-state index in [1.54, 1.807) is 6.07 Å². The van der Waals surface area contributed by atoms with Crippen LogP contribution in [0.15, 0.2) is 18.2 Å². The summed E-state index contributed by atoms with van der Waals surface area (Å²) < 4.78 is 28.1. The zero-order chi connectivity index (χ0) is 13.5. The topological polar surface area (TPSA) is 72.5 Å². The van der Waals surface area contributed by atoms with Crippen LogP contribution in [0.1, 0.15) is 27.9 Å². The zero-order valence-corrected chi connectivity index (χ0v) is 11.2. The van der Waals surface area contributed by atoms with Gasteiger partial charge in [-0.1, -0.05) is 12.1 Å². The number of sulfone groups is 1. The summed E-state index contributed by atoms with van der Waals surface area (Å²) in [5.41, 5.74) is 2.55. The van der Waals surface area contributed by atoms with E-state index in [0.29, 0.717) is 25.2 Å². The van der Waals surface area contributed by atoms with Crippen LogP contribution >= 0.6 is 0 Å². The SMILES string of the molecule is O=C(NC1CCS(=O)(=O)C1)c1cccc2c1COC2. The third-order valence-corrected chi connectivity index (χ3v) is 5.36. The highest BCUT2D eigenvalue weighted by Gasteiger charge is 2.30. The molecule has 19 heavy (non-hydrogen) atoms. The number of hydrogen-bond acceptors (Lipinski definition) is 4. The Labute approximate surface area is 111 Å². The van der Waals surface area contributed by atoms with Crippen molar-refractivity contribution in [2.24, 2.45) is 0 Å². The van der Waals surface area contributed by atoms with Gasteiger partial charge in [-0.3, -0.25) is 4.79 Å². The van der Waals surface area contributed by atoms with Gasteiger partial charge in [0.25, 0.3) is 5.91 Å². The Bertz CT molecular complexity index is 624. The Kier molecular flexibility index (Phi) is 3.06. The van der Waals surface area contributed by atoms with Gasteiger partial charge in [0.2, 0.25) is 0 Å². The summed E-state index contributed by atoms with van der Waals surface area (Å²) in [5.74, 6) is 0.00235. The van der Waals surface area contributed by atoms with Crippen LogP contribution in [0.25, 0.3) is 0 Å². The van der Waals surface area contributed by atoms with E-state index in [1.165, 1.54) is 0 Å². The molecule has 0 spiro atoms. The fourth-order valence-corrected chi connectivity index (χ4v) is 4.26. The third-order valence-electron chi connectivity index (χ3n) is 3.59. The van der Waals surface area contributed by atoms with E-state index in [4.69, 9.17) is 4.74 Å². The Morgan fingerprint density at radius 2 is 2.16 bits per heavy atom. The second-order valence-corrected chi connectivity index (χ2v) is 7.24. The average molecular weight is 281 g/mol. The van der Waals surface area contributed by atoms with Gasteiger partial charge in [0.05, 0.1) is 24.7 Å². The fraction of sp³-hybridized carbons (Fsp3) is 0.462. The number of hydrogen-bond donors (Lipinski definition) is 1. The van der Waals surface area contributed by atoms with E-state index >= 15 is 0 Å².